The SMILES string of the molecule is COc1ccc(NC(=O)/C(C#N)=C\c2ccc(Oc3ccc(C(F)(F)F)cc3[N+](=O)[O-])cc2)cc1. The highest BCUT2D eigenvalue weighted by atomic mass is 19.4. The second-order valence-corrected chi connectivity index (χ2v) is 6.96. The number of nitro groups is 1. The van der Waals surface area contributed by atoms with Crippen molar-refractivity contribution >= 4 is 23.4 Å². The van der Waals surface area contributed by atoms with Gasteiger partial charge in [-0.1, -0.05) is 12.1 Å². The van der Waals surface area contributed by atoms with Gasteiger partial charge in [0.1, 0.15) is 23.1 Å². The molecular formula is C24H16F3N3O5. The van der Waals surface area contributed by atoms with Crippen LogP contribution < -0.4 is 14.8 Å². The summed E-state index contributed by atoms with van der Waals surface area (Å²) in [6, 6.07) is 16.0. The van der Waals surface area contributed by atoms with Crippen molar-refractivity contribution in [3.8, 4) is 23.3 Å². The lowest BCUT2D eigenvalue weighted by Crippen LogP contribution is -2.13. The highest BCUT2D eigenvalue weighted by molar-refractivity contribution is 6.09. The highest BCUT2D eigenvalue weighted by Crippen LogP contribution is 2.37. The Morgan fingerprint density at radius 2 is 1.69 bits per heavy atom. The summed E-state index contributed by atoms with van der Waals surface area (Å²) in [6.45, 7) is 0. The number of carbonyl (C=O) groups is 1. The van der Waals surface area contributed by atoms with Gasteiger partial charge in [0.05, 0.1) is 17.6 Å². The Labute approximate surface area is 197 Å². The van der Waals surface area contributed by atoms with Gasteiger partial charge in [0.2, 0.25) is 5.75 Å². The van der Waals surface area contributed by atoms with Crippen LogP contribution in [0.4, 0.5) is 24.5 Å². The number of hydrogen-bond donors (Lipinski definition) is 1. The average Bonchev–Trinajstić information content (AvgIpc) is 2.83. The van der Waals surface area contributed by atoms with Gasteiger partial charge in [-0.3, -0.25) is 14.9 Å². The van der Waals surface area contributed by atoms with Crippen LogP contribution in [0.2, 0.25) is 0 Å². The van der Waals surface area contributed by atoms with Crippen LogP contribution in [0, 0.1) is 21.4 Å². The van der Waals surface area contributed by atoms with E-state index in [2.05, 4.69) is 5.32 Å². The van der Waals surface area contributed by atoms with Gasteiger partial charge >= 0.3 is 11.9 Å². The molecule has 0 aliphatic carbocycles. The Morgan fingerprint density at radius 3 is 2.23 bits per heavy atom. The fourth-order valence-corrected chi connectivity index (χ4v) is 2.87. The fraction of sp³-hybridized carbons (Fsp3) is 0.0833. The van der Waals surface area contributed by atoms with Crippen molar-refractivity contribution < 1.29 is 32.4 Å². The number of benzene rings is 3. The minimum absolute atomic E-state index is 0.103. The Balaban J connectivity index is 1.76. The summed E-state index contributed by atoms with van der Waals surface area (Å²) in [5, 5.41) is 23.2. The molecule has 0 saturated heterocycles. The monoisotopic (exact) mass is 483 g/mol. The molecule has 3 aromatic carbocycles. The number of nitriles is 1. The van der Waals surface area contributed by atoms with Crippen LogP contribution in [0.25, 0.3) is 6.08 Å². The van der Waals surface area contributed by atoms with E-state index in [9.17, 15) is 33.3 Å². The number of alkyl halides is 3. The van der Waals surface area contributed by atoms with Gasteiger partial charge in [-0.05, 0) is 60.2 Å². The molecule has 0 heterocycles. The van der Waals surface area contributed by atoms with Gasteiger partial charge in [0.25, 0.3) is 5.91 Å². The zero-order valence-corrected chi connectivity index (χ0v) is 18.0. The summed E-state index contributed by atoms with van der Waals surface area (Å²) in [7, 11) is 1.51. The molecule has 0 saturated carbocycles. The van der Waals surface area contributed by atoms with Crippen LogP contribution in [0.5, 0.6) is 17.2 Å². The zero-order valence-electron chi connectivity index (χ0n) is 18.0. The van der Waals surface area contributed by atoms with E-state index >= 15 is 0 Å². The van der Waals surface area contributed by atoms with Gasteiger partial charge in [-0.2, -0.15) is 18.4 Å². The number of halogens is 3. The van der Waals surface area contributed by atoms with E-state index in [1.165, 1.54) is 37.5 Å². The predicted octanol–water partition coefficient (Wildman–Crippen LogP) is 5.96. The van der Waals surface area contributed by atoms with Crippen LogP contribution in [-0.2, 0) is 11.0 Å². The summed E-state index contributed by atoms with van der Waals surface area (Å²) >= 11 is 0. The summed E-state index contributed by atoms with van der Waals surface area (Å²) < 4.78 is 49.0. The Morgan fingerprint density at radius 1 is 1.06 bits per heavy atom. The second kappa shape index (κ2) is 10.4. The predicted molar refractivity (Wildman–Crippen MR) is 120 cm³/mol. The Kier molecular flexibility index (Phi) is 7.36. The summed E-state index contributed by atoms with van der Waals surface area (Å²) in [5.74, 6) is -0.310. The number of rotatable bonds is 7. The van der Waals surface area contributed by atoms with E-state index in [4.69, 9.17) is 9.47 Å². The third-order valence-electron chi connectivity index (χ3n) is 4.61. The number of ether oxygens (including phenoxy) is 2. The van der Waals surface area contributed by atoms with Crippen molar-refractivity contribution in [1.29, 1.82) is 5.26 Å². The smallest absolute Gasteiger partial charge is 0.416 e. The van der Waals surface area contributed by atoms with Gasteiger partial charge < -0.3 is 14.8 Å². The van der Waals surface area contributed by atoms with Crippen molar-refractivity contribution in [1.82, 2.24) is 0 Å². The molecule has 3 aromatic rings. The number of anilines is 1. The molecule has 35 heavy (non-hydrogen) atoms. The molecule has 0 radical (unpaired) electrons. The summed E-state index contributed by atoms with van der Waals surface area (Å²) in [6.07, 6.45) is -3.42. The molecule has 0 aliphatic rings. The molecule has 0 bridgehead atoms. The van der Waals surface area contributed by atoms with Crippen molar-refractivity contribution in [2.75, 3.05) is 12.4 Å². The molecule has 0 fully saturated rings. The molecule has 0 spiro atoms. The summed E-state index contributed by atoms with van der Waals surface area (Å²) in [5.41, 5.74) is -1.30. The maximum atomic E-state index is 12.9. The lowest BCUT2D eigenvalue weighted by Gasteiger charge is -2.10. The van der Waals surface area contributed by atoms with E-state index in [0.717, 1.165) is 6.07 Å². The first-order valence-electron chi connectivity index (χ1n) is 9.81. The standard InChI is InChI=1S/C24H16F3N3O5/c1-34-19-9-5-18(6-10-19)29-23(31)16(14-28)12-15-2-7-20(8-3-15)35-22-11-4-17(24(25,26)27)13-21(22)30(32)33/h2-13H,1H3,(H,29,31)/b16-12-. The number of methoxy groups -OCH3 is 1. The molecule has 11 heteroatoms. The van der Waals surface area contributed by atoms with Crippen LogP contribution in [-0.4, -0.2) is 17.9 Å². The average molecular weight is 483 g/mol. The van der Waals surface area contributed by atoms with Crippen molar-refractivity contribution in [3.05, 3.63) is 93.5 Å². The number of nitrogens with one attached hydrogen (secondary N) is 1. The molecule has 8 nitrogen and oxygen atoms in total. The van der Waals surface area contributed by atoms with Crippen LogP contribution >= 0.6 is 0 Å². The molecule has 0 atom stereocenters. The van der Waals surface area contributed by atoms with E-state index in [0.29, 0.717) is 29.1 Å². The molecular weight excluding hydrogens is 467 g/mol. The first-order chi connectivity index (χ1) is 16.6. The first-order valence-corrected chi connectivity index (χ1v) is 9.81. The van der Waals surface area contributed by atoms with Gasteiger partial charge in [0.15, 0.2) is 0 Å². The third-order valence-corrected chi connectivity index (χ3v) is 4.61. The quantitative estimate of drug-likeness (QED) is 0.192. The van der Waals surface area contributed by atoms with Crippen molar-refractivity contribution in [2.45, 2.75) is 6.18 Å². The zero-order chi connectivity index (χ0) is 25.6. The maximum Gasteiger partial charge on any atom is 0.416 e. The molecule has 1 N–H and O–H groups in total. The van der Waals surface area contributed by atoms with E-state index in [-0.39, 0.29) is 17.1 Å². The number of nitro benzene ring substituents is 1. The van der Waals surface area contributed by atoms with Crippen LogP contribution in [0.3, 0.4) is 0 Å². The minimum Gasteiger partial charge on any atom is -0.497 e. The van der Waals surface area contributed by atoms with Crippen molar-refractivity contribution in [3.63, 3.8) is 0 Å². The van der Waals surface area contributed by atoms with Gasteiger partial charge in [-0.15, -0.1) is 0 Å². The van der Waals surface area contributed by atoms with Crippen LogP contribution in [0.15, 0.2) is 72.3 Å². The fourth-order valence-electron chi connectivity index (χ4n) is 2.87. The summed E-state index contributed by atoms with van der Waals surface area (Å²) in [4.78, 5) is 22.6. The van der Waals surface area contributed by atoms with Crippen LogP contribution in [0.1, 0.15) is 11.1 Å². The lowest BCUT2D eigenvalue weighted by atomic mass is 10.1. The maximum absolute atomic E-state index is 12.9. The largest absolute Gasteiger partial charge is 0.497 e. The van der Waals surface area contributed by atoms with E-state index in [1.807, 2.05) is 6.07 Å². The number of amides is 1. The molecule has 178 valence electrons. The lowest BCUT2D eigenvalue weighted by molar-refractivity contribution is -0.385. The molecule has 0 aliphatic heterocycles. The molecule has 1 amide bonds. The van der Waals surface area contributed by atoms with E-state index in [1.54, 1.807) is 24.3 Å². The van der Waals surface area contributed by atoms with Crippen molar-refractivity contribution in [2.24, 2.45) is 0 Å². The third kappa shape index (κ3) is 6.35. The van der Waals surface area contributed by atoms with E-state index < -0.39 is 28.3 Å². The topological polar surface area (TPSA) is 114 Å². The normalized spacial score (nSPS) is 11.3. The number of hydrogen-bond acceptors (Lipinski definition) is 6. The Hall–Kier alpha value is -4.85. The highest BCUT2D eigenvalue weighted by Gasteiger charge is 2.33. The Bertz CT molecular complexity index is 1310. The molecule has 0 aromatic heterocycles. The number of carbonyl (C=O) groups excluding carboxylic acids is 1. The number of nitrogens with zero attached hydrogens (tertiary/aromatic N) is 2. The first kappa shape index (κ1) is 24.8. The second-order valence-electron chi connectivity index (χ2n) is 6.96. The van der Waals surface area contributed by atoms with Gasteiger partial charge in [-0.25, -0.2) is 0 Å². The minimum atomic E-state index is -4.74. The molecule has 3 rings (SSSR count). The molecule has 0 unspecified atom stereocenters. The van der Waals surface area contributed by atoms with Gasteiger partial charge in [0, 0.05) is 11.8 Å².